The number of nitrogens with zero attached hydrogens (tertiary/aromatic N) is 2. The quantitative estimate of drug-likeness (QED) is 0.190. The average molecular weight is 812 g/mol. The predicted octanol–water partition coefficient (Wildman–Crippen LogP) is 3.86. The molecule has 0 radical (unpaired) electrons. The summed E-state index contributed by atoms with van der Waals surface area (Å²) in [4.78, 5) is 64.2. The van der Waals surface area contributed by atoms with Crippen molar-refractivity contribution in [1.82, 2.24) is 15.3 Å². The number of para-hydroxylation sites is 1. The van der Waals surface area contributed by atoms with E-state index in [1.165, 1.54) is 9.96 Å². The number of aromatic hydroxyl groups is 1. The number of aliphatic hydroxyl groups excluding tert-OH is 1. The zero-order valence-corrected chi connectivity index (χ0v) is 33.8. The first-order valence-corrected chi connectivity index (χ1v) is 20.1. The number of phenolic OH excluding ortho intramolecular Hbond substituents is 1. The zero-order chi connectivity index (χ0) is 41.9. The molecule has 3 heterocycles. The molecule has 7 rings (SSSR count). The molecule has 14 heteroatoms. The van der Waals surface area contributed by atoms with E-state index in [1.807, 2.05) is 78.9 Å². The Balaban J connectivity index is 1.13. The number of benzene rings is 3. The number of likely N-dealkylation sites (N-methyl/N-ethyl adjacent to an activating group) is 1. The number of carbonyl (C=O) groups excluding carboxylic acids is 4. The van der Waals surface area contributed by atoms with Crippen LogP contribution in [0.2, 0.25) is 0 Å². The van der Waals surface area contributed by atoms with Crippen LogP contribution in [0.15, 0.2) is 84.9 Å². The molecule has 3 aromatic rings. The lowest BCUT2D eigenvalue weighted by atomic mass is 9.62. The molecule has 4 aliphatic rings. The fourth-order valence-electron chi connectivity index (χ4n) is 8.64. The molecule has 4 fully saturated rings. The number of rotatable bonds is 15. The number of esters is 2. The summed E-state index contributed by atoms with van der Waals surface area (Å²) >= 11 is 0. The van der Waals surface area contributed by atoms with Gasteiger partial charge in [0.15, 0.2) is 6.04 Å². The highest BCUT2D eigenvalue weighted by Crippen LogP contribution is 2.56. The number of amides is 2. The van der Waals surface area contributed by atoms with Crippen molar-refractivity contribution in [2.45, 2.75) is 108 Å². The number of nitrogens with one attached hydrogen (secondary N) is 1. The molecule has 14 nitrogen and oxygen atoms in total. The van der Waals surface area contributed by atoms with Crippen molar-refractivity contribution in [3.8, 4) is 5.75 Å². The number of ether oxygens (including phenoxy) is 4. The van der Waals surface area contributed by atoms with E-state index in [4.69, 9.17) is 23.8 Å². The number of hydroxylamine groups is 2. The van der Waals surface area contributed by atoms with Crippen molar-refractivity contribution in [2.24, 2.45) is 5.41 Å². The van der Waals surface area contributed by atoms with Gasteiger partial charge < -0.3 is 39.4 Å². The predicted molar refractivity (Wildman–Crippen MR) is 214 cm³/mol. The summed E-state index contributed by atoms with van der Waals surface area (Å²) in [6.07, 6.45) is 1.72. The molecule has 0 unspecified atom stereocenters. The maximum absolute atomic E-state index is 15.3. The van der Waals surface area contributed by atoms with Gasteiger partial charge in [0.25, 0.3) is 0 Å². The summed E-state index contributed by atoms with van der Waals surface area (Å²) in [6, 6.07) is 21.1. The first-order chi connectivity index (χ1) is 28.3. The van der Waals surface area contributed by atoms with Gasteiger partial charge in [-0.25, -0.2) is 0 Å². The normalized spacial score (nSPS) is 25.8. The van der Waals surface area contributed by atoms with Crippen LogP contribution >= 0.6 is 0 Å². The Morgan fingerprint density at radius 2 is 1.71 bits per heavy atom. The molecule has 3 aromatic carbocycles. The first-order valence-electron chi connectivity index (χ1n) is 20.1. The van der Waals surface area contributed by atoms with Gasteiger partial charge in [-0.3, -0.25) is 24.0 Å². The van der Waals surface area contributed by atoms with Crippen LogP contribution in [-0.4, -0.2) is 113 Å². The summed E-state index contributed by atoms with van der Waals surface area (Å²) < 4.78 is 23.3. The van der Waals surface area contributed by atoms with Crippen LogP contribution in [-0.2, 0) is 62.3 Å². The van der Waals surface area contributed by atoms with Gasteiger partial charge in [0.1, 0.15) is 54.0 Å². The monoisotopic (exact) mass is 811 g/mol. The van der Waals surface area contributed by atoms with E-state index in [0.29, 0.717) is 6.42 Å². The lowest BCUT2D eigenvalue weighted by Gasteiger charge is -2.50. The lowest BCUT2D eigenvalue weighted by Crippen LogP contribution is -2.70. The topological polar surface area (TPSA) is 173 Å². The molecular weight excluding hydrogens is 759 g/mol. The van der Waals surface area contributed by atoms with Crippen LogP contribution in [0, 0.1) is 5.41 Å². The summed E-state index contributed by atoms with van der Waals surface area (Å²) in [6.45, 7) is 4.93. The van der Waals surface area contributed by atoms with Crippen molar-refractivity contribution in [1.29, 1.82) is 0 Å². The molecule has 2 bridgehead atoms. The molecule has 0 spiro atoms. The number of hydrogen-bond acceptors (Lipinski definition) is 12. The van der Waals surface area contributed by atoms with E-state index < -0.39 is 83.9 Å². The smallest absolute Gasteiger partial charge is 0.327 e. The van der Waals surface area contributed by atoms with Gasteiger partial charge in [0, 0.05) is 26.3 Å². The van der Waals surface area contributed by atoms with E-state index >= 15 is 4.79 Å². The number of aliphatic hydroxyl groups is 1. The van der Waals surface area contributed by atoms with Gasteiger partial charge in [-0.2, -0.15) is 5.06 Å². The highest BCUT2D eigenvalue weighted by atomic mass is 16.8. The lowest BCUT2D eigenvalue weighted by molar-refractivity contribution is -0.204. The Kier molecular flexibility index (Phi) is 12.5. The maximum atomic E-state index is 15.3. The Morgan fingerprint density at radius 3 is 2.42 bits per heavy atom. The van der Waals surface area contributed by atoms with Crippen molar-refractivity contribution >= 4 is 29.8 Å². The minimum atomic E-state index is -1.50. The molecule has 1 aliphatic carbocycles. The van der Waals surface area contributed by atoms with Crippen LogP contribution in [0.4, 0.5) is 0 Å². The van der Waals surface area contributed by atoms with Crippen molar-refractivity contribution in [3.63, 3.8) is 0 Å². The van der Waals surface area contributed by atoms with Gasteiger partial charge >= 0.3 is 11.9 Å². The van der Waals surface area contributed by atoms with Gasteiger partial charge in [-0.05, 0) is 61.9 Å². The molecule has 3 aliphatic heterocycles. The van der Waals surface area contributed by atoms with Crippen molar-refractivity contribution in [3.05, 3.63) is 107 Å². The fraction of sp³-hybridized carbons (Fsp3) is 0.467. The fourth-order valence-corrected chi connectivity index (χ4v) is 8.64. The van der Waals surface area contributed by atoms with E-state index in [-0.39, 0.29) is 44.8 Å². The largest absolute Gasteiger partial charge is 0.508 e. The number of fused-ring (bicyclic) bond motifs is 4. The number of phenols is 1. The third-order valence-electron chi connectivity index (χ3n) is 11.5. The molecule has 3 saturated heterocycles. The van der Waals surface area contributed by atoms with E-state index in [1.54, 1.807) is 40.0 Å². The number of hydrogen-bond donors (Lipinski definition) is 3. The van der Waals surface area contributed by atoms with Gasteiger partial charge in [0.2, 0.25) is 11.8 Å². The third-order valence-corrected chi connectivity index (χ3v) is 11.5. The molecule has 3 N–H and O–H groups in total. The van der Waals surface area contributed by atoms with Crippen LogP contribution in [0.1, 0.15) is 62.3 Å². The molecule has 59 heavy (non-hydrogen) atoms. The maximum Gasteiger partial charge on any atom is 0.327 e. The van der Waals surface area contributed by atoms with Gasteiger partial charge in [-0.15, -0.1) is 0 Å². The third kappa shape index (κ3) is 9.07. The van der Waals surface area contributed by atoms with Crippen molar-refractivity contribution in [2.75, 3.05) is 20.4 Å². The Bertz CT molecular complexity index is 2020. The molecular formula is C45H53N3O11. The van der Waals surface area contributed by atoms with Crippen LogP contribution < -0.4 is 5.32 Å². The molecule has 314 valence electrons. The molecule has 1 saturated carbocycles. The number of carbonyl (C=O) groups is 4. The van der Waals surface area contributed by atoms with E-state index in [0.717, 1.165) is 22.3 Å². The highest BCUT2D eigenvalue weighted by Gasteiger charge is 2.75. The Morgan fingerprint density at radius 1 is 1.00 bits per heavy atom. The summed E-state index contributed by atoms with van der Waals surface area (Å²) in [5, 5.41) is 24.7. The SMILES string of the molecule is CN(C(=O)[C@@]12C[C@H]3OC(=O)[C@@H]1N(Cc1ccc(C=CCc4ccccc4O)cc1)O[C@@H]2[C@H]1OCO[C@H]13)[C@H](Cc1ccccc1)C(=O)N[C@H](CO)CCC(=O)OC(C)(C)C. The molecule has 2 amide bonds. The average Bonchev–Trinajstić information content (AvgIpc) is 3.84. The number of allylic oxidation sites excluding steroid dienone is 1. The van der Waals surface area contributed by atoms with Gasteiger partial charge in [0.05, 0.1) is 19.2 Å². The second kappa shape index (κ2) is 17.6. The Hall–Kier alpha value is -5.12. The van der Waals surface area contributed by atoms with Crippen LogP contribution in [0.25, 0.3) is 6.08 Å². The van der Waals surface area contributed by atoms with Gasteiger partial charge in [-0.1, -0.05) is 84.9 Å². The van der Waals surface area contributed by atoms with Crippen LogP contribution in [0.3, 0.4) is 0 Å². The minimum Gasteiger partial charge on any atom is -0.508 e. The summed E-state index contributed by atoms with van der Waals surface area (Å²) in [7, 11) is 1.54. The summed E-state index contributed by atoms with van der Waals surface area (Å²) in [5.74, 6) is -1.87. The second-order valence-electron chi connectivity index (χ2n) is 16.7. The van der Waals surface area contributed by atoms with E-state index in [9.17, 15) is 24.6 Å². The highest BCUT2D eigenvalue weighted by molar-refractivity contribution is 5.96. The Labute approximate surface area is 344 Å². The van der Waals surface area contributed by atoms with E-state index in [2.05, 4.69) is 5.32 Å². The van der Waals surface area contributed by atoms with Crippen molar-refractivity contribution < 1.29 is 53.2 Å². The summed E-state index contributed by atoms with van der Waals surface area (Å²) in [5.41, 5.74) is 1.16. The molecule has 0 aromatic heterocycles. The first kappa shape index (κ1) is 42.0. The second-order valence-corrected chi connectivity index (χ2v) is 16.7. The minimum absolute atomic E-state index is 0.0340. The van der Waals surface area contributed by atoms with Crippen LogP contribution in [0.5, 0.6) is 5.75 Å². The standard InChI is InChI=1S/C45H53N3O11/c1-44(2,3)58-36(51)22-21-32(26-49)46-41(52)33(23-29-11-6-5-7-12-29)47(4)43(54)45-24-35-37-38(56-27-55-37)40(45)59-48(39(45)42(53)57-35)25-30-19-17-28(18-20-30)13-10-15-31-14-8-9-16-34(31)50/h5-14,16-20,32-33,35,37-40,49-50H,15,21-27H2,1-4H3,(H,46,52)/t32-,33+,35+,37-,38-,39-,40+,45-/m0/s1. The zero-order valence-electron chi connectivity index (χ0n) is 33.8. The molecule has 8 atom stereocenters.